The highest BCUT2D eigenvalue weighted by atomic mass is 35.5. The third-order valence-electron chi connectivity index (χ3n) is 2.43. The zero-order valence-corrected chi connectivity index (χ0v) is 11.1. The van der Waals surface area contributed by atoms with Crippen molar-refractivity contribution in [3.05, 3.63) is 33.8 Å². The number of rotatable bonds is 5. The largest absolute Gasteiger partial charge is 0.294 e. The summed E-state index contributed by atoms with van der Waals surface area (Å²) in [6.45, 7) is 4.31. The molecule has 0 fully saturated rings. The maximum absolute atomic E-state index is 11.8. The van der Waals surface area contributed by atoms with Crippen molar-refractivity contribution in [1.29, 1.82) is 0 Å². The van der Waals surface area contributed by atoms with Gasteiger partial charge in [-0.1, -0.05) is 43.5 Å². The number of halogens is 2. The molecule has 88 valence electrons. The Hall–Kier alpha value is -0.530. The zero-order chi connectivity index (χ0) is 12.1. The molecule has 0 saturated carbocycles. The van der Waals surface area contributed by atoms with Gasteiger partial charge in [0.1, 0.15) is 0 Å². The van der Waals surface area contributed by atoms with Gasteiger partial charge < -0.3 is 0 Å². The highest BCUT2D eigenvalue weighted by Gasteiger charge is 2.08. The molecule has 1 rings (SSSR count). The van der Waals surface area contributed by atoms with Crippen molar-refractivity contribution in [2.45, 2.75) is 33.1 Å². The topological polar surface area (TPSA) is 17.1 Å². The van der Waals surface area contributed by atoms with Crippen LogP contribution in [0.5, 0.6) is 0 Å². The van der Waals surface area contributed by atoms with Crippen LogP contribution in [0.15, 0.2) is 18.2 Å². The van der Waals surface area contributed by atoms with Gasteiger partial charge in [0.15, 0.2) is 5.78 Å². The Morgan fingerprint density at radius 3 is 2.50 bits per heavy atom. The highest BCUT2D eigenvalue weighted by molar-refractivity contribution is 6.42. The van der Waals surface area contributed by atoms with Crippen molar-refractivity contribution in [3.63, 3.8) is 0 Å². The van der Waals surface area contributed by atoms with Gasteiger partial charge in [-0.3, -0.25) is 4.79 Å². The molecular formula is C13H16Cl2O. The lowest BCUT2D eigenvalue weighted by atomic mass is 10.0. The molecule has 16 heavy (non-hydrogen) atoms. The summed E-state index contributed by atoms with van der Waals surface area (Å²) in [6.07, 6.45) is 2.58. The van der Waals surface area contributed by atoms with Crippen molar-refractivity contribution in [3.8, 4) is 0 Å². The summed E-state index contributed by atoms with van der Waals surface area (Å²) in [4.78, 5) is 11.8. The summed E-state index contributed by atoms with van der Waals surface area (Å²) in [7, 11) is 0. The van der Waals surface area contributed by atoms with E-state index in [2.05, 4.69) is 13.8 Å². The van der Waals surface area contributed by atoms with Gasteiger partial charge >= 0.3 is 0 Å². The van der Waals surface area contributed by atoms with E-state index in [1.54, 1.807) is 18.2 Å². The van der Waals surface area contributed by atoms with Gasteiger partial charge in [0.05, 0.1) is 10.0 Å². The van der Waals surface area contributed by atoms with Gasteiger partial charge in [-0.05, 0) is 30.5 Å². The molecule has 0 aliphatic carbocycles. The van der Waals surface area contributed by atoms with E-state index in [0.29, 0.717) is 27.9 Å². The van der Waals surface area contributed by atoms with Crippen LogP contribution >= 0.6 is 23.2 Å². The molecule has 1 aromatic rings. The van der Waals surface area contributed by atoms with Crippen LogP contribution in [-0.2, 0) is 0 Å². The molecule has 0 unspecified atom stereocenters. The maximum Gasteiger partial charge on any atom is 0.162 e. The second kappa shape index (κ2) is 6.27. The fourth-order valence-electron chi connectivity index (χ4n) is 1.48. The third-order valence-corrected chi connectivity index (χ3v) is 3.17. The van der Waals surface area contributed by atoms with E-state index in [0.717, 1.165) is 12.8 Å². The van der Waals surface area contributed by atoms with E-state index < -0.39 is 0 Å². The molecule has 0 saturated heterocycles. The van der Waals surface area contributed by atoms with Crippen molar-refractivity contribution >= 4 is 29.0 Å². The molecule has 0 bridgehead atoms. The van der Waals surface area contributed by atoms with Crippen molar-refractivity contribution in [2.75, 3.05) is 0 Å². The normalized spacial score (nSPS) is 10.8. The number of Topliss-reactive ketones (excluding diaryl/α,β-unsaturated/α-hetero) is 1. The average Bonchev–Trinajstić information content (AvgIpc) is 2.21. The van der Waals surface area contributed by atoms with Crippen molar-refractivity contribution < 1.29 is 4.79 Å². The van der Waals surface area contributed by atoms with E-state index in [-0.39, 0.29) is 5.78 Å². The lowest BCUT2D eigenvalue weighted by Gasteiger charge is -2.05. The van der Waals surface area contributed by atoms with Crippen LogP contribution in [0, 0.1) is 5.92 Å². The number of carbonyl (C=O) groups is 1. The van der Waals surface area contributed by atoms with Gasteiger partial charge in [-0.15, -0.1) is 0 Å². The molecule has 0 atom stereocenters. The minimum absolute atomic E-state index is 0.138. The van der Waals surface area contributed by atoms with Crippen LogP contribution in [0.3, 0.4) is 0 Å². The number of benzene rings is 1. The Labute approximate surface area is 107 Å². The Balaban J connectivity index is 2.56. The van der Waals surface area contributed by atoms with Crippen LogP contribution in [-0.4, -0.2) is 5.78 Å². The van der Waals surface area contributed by atoms with Gasteiger partial charge in [-0.25, -0.2) is 0 Å². The van der Waals surface area contributed by atoms with E-state index in [4.69, 9.17) is 23.2 Å². The highest BCUT2D eigenvalue weighted by Crippen LogP contribution is 2.23. The molecule has 0 spiro atoms. The standard InChI is InChI=1S/C13H16Cl2O/c1-9(2)4-3-5-13(16)10-6-7-11(14)12(15)8-10/h6-9H,3-5H2,1-2H3. The Bertz CT molecular complexity index is 372. The van der Waals surface area contributed by atoms with Crippen LogP contribution < -0.4 is 0 Å². The summed E-state index contributed by atoms with van der Waals surface area (Å²) < 4.78 is 0. The lowest BCUT2D eigenvalue weighted by molar-refractivity contribution is 0.0978. The van der Waals surface area contributed by atoms with E-state index in [1.807, 2.05) is 0 Å². The van der Waals surface area contributed by atoms with Gasteiger partial charge in [0.25, 0.3) is 0 Å². The summed E-state index contributed by atoms with van der Waals surface area (Å²) in [5.74, 6) is 0.779. The number of hydrogen-bond donors (Lipinski definition) is 0. The first-order valence-corrected chi connectivity index (χ1v) is 6.24. The molecule has 0 aromatic heterocycles. The number of ketones is 1. The smallest absolute Gasteiger partial charge is 0.162 e. The number of hydrogen-bond acceptors (Lipinski definition) is 1. The first kappa shape index (κ1) is 13.5. The summed E-state index contributed by atoms with van der Waals surface area (Å²) >= 11 is 11.6. The van der Waals surface area contributed by atoms with E-state index in [1.165, 1.54) is 0 Å². The molecule has 0 aliphatic rings. The first-order chi connectivity index (χ1) is 7.50. The molecule has 1 nitrogen and oxygen atoms in total. The number of carbonyl (C=O) groups excluding carboxylic acids is 1. The van der Waals surface area contributed by atoms with Crippen molar-refractivity contribution in [2.24, 2.45) is 5.92 Å². The third kappa shape index (κ3) is 4.15. The Kier molecular flexibility index (Phi) is 5.30. The average molecular weight is 259 g/mol. The summed E-state index contributed by atoms with van der Waals surface area (Å²) in [6, 6.07) is 5.03. The maximum atomic E-state index is 11.8. The van der Waals surface area contributed by atoms with E-state index >= 15 is 0 Å². The second-order valence-electron chi connectivity index (χ2n) is 4.34. The summed E-state index contributed by atoms with van der Waals surface area (Å²) in [5, 5.41) is 0.928. The molecule has 0 radical (unpaired) electrons. The lowest BCUT2D eigenvalue weighted by Crippen LogP contribution is -2.00. The fraction of sp³-hybridized carbons (Fsp3) is 0.462. The monoisotopic (exact) mass is 258 g/mol. The molecule has 0 heterocycles. The molecule has 0 amide bonds. The Morgan fingerprint density at radius 2 is 1.94 bits per heavy atom. The molecule has 1 aromatic carbocycles. The minimum Gasteiger partial charge on any atom is -0.294 e. The molecular weight excluding hydrogens is 243 g/mol. The van der Waals surface area contributed by atoms with Crippen LogP contribution in [0.25, 0.3) is 0 Å². The van der Waals surface area contributed by atoms with Gasteiger partial charge in [0, 0.05) is 12.0 Å². The summed E-state index contributed by atoms with van der Waals surface area (Å²) in [5.41, 5.74) is 0.651. The van der Waals surface area contributed by atoms with Gasteiger partial charge in [-0.2, -0.15) is 0 Å². The van der Waals surface area contributed by atoms with Crippen molar-refractivity contribution in [1.82, 2.24) is 0 Å². The van der Waals surface area contributed by atoms with Crippen LogP contribution in [0.2, 0.25) is 10.0 Å². The fourth-order valence-corrected chi connectivity index (χ4v) is 1.78. The van der Waals surface area contributed by atoms with Crippen LogP contribution in [0.1, 0.15) is 43.5 Å². The quantitative estimate of drug-likeness (QED) is 0.680. The molecule has 0 aliphatic heterocycles. The minimum atomic E-state index is 0.138. The van der Waals surface area contributed by atoms with Crippen LogP contribution in [0.4, 0.5) is 0 Å². The SMILES string of the molecule is CC(C)CCCC(=O)c1ccc(Cl)c(Cl)c1. The molecule has 0 N–H and O–H groups in total. The Morgan fingerprint density at radius 1 is 1.25 bits per heavy atom. The van der Waals surface area contributed by atoms with E-state index in [9.17, 15) is 4.79 Å². The predicted octanol–water partition coefficient (Wildman–Crippen LogP) is 5.00. The molecule has 3 heteroatoms. The zero-order valence-electron chi connectivity index (χ0n) is 9.59. The first-order valence-electron chi connectivity index (χ1n) is 5.49. The second-order valence-corrected chi connectivity index (χ2v) is 5.15. The van der Waals surface area contributed by atoms with Gasteiger partial charge in [0.2, 0.25) is 0 Å². The predicted molar refractivity (Wildman–Crippen MR) is 69.5 cm³/mol.